The summed E-state index contributed by atoms with van der Waals surface area (Å²) in [5.41, 5.74) is 5.17. The van der Waals surface area contributed by atoms with Gasteiger partial charge in [-0.3, -0.25) is 14.9 Å². The number of nitrogens with one attached hydrogen (secondary N) is 1. The van der Waals surface area contributed by atoms with E-state index in [1.807, 2.05) is 20.1 Å². The van der Waals surface area contributed by atoms with Crippen molar-refractivity contribution in [2.75, 3.05) is 18.5 Å². The predicted octanol–water partition coefficient (Wildman–Crippen LogP) is 2.05. The van der Waals surface area contributed by atoms with Crippen molar-refractivity contribution in [2.24, 2.45) is 0 Å². The fourth-order valence-electron chi connectivity index (χ4n) is 1.41. The number of nitro groups is 1. The van der Waals surface area contributed by atoms with Crippen LogP contribution in [0.1, 0.15) is 24.2 Å². The SMILES string of the molecule is CSC(C)(C)CNC(=O)c1cccc(N)c1[N+](=O)[O-]. The van der Waals surface area contributed by atoms with E-state index in [1.165, 1.54) is 18.2 Å². The summed E-state index contributed by atoms with van der Waals surface area (Å²) in [6.45, 7) is 4.37. The van der Waals surface area contributed by atoms with E-state index in [4.69, 9.17) is 5.73 Å². The summed E-state index contributed by atoms with van der Waals surface area (Å²) in [4.78, 5) is 22.3. The highest BCUT2D eigenvalue weighted by atomic mass is 32.2. The van der Waals surface area contributed by atoms with Crippen LogP contribution in [0.4, 0.5) is 11.4 Å². The zero-order valence-corrected chi connectivity index (χ0v) is 11.9. The second-order valence-electron chi connectivity index (χ2n) is 4.65. The summed E-state index contributed by atoms with van der Waals surface area (Å²) in [5.74, 6) is -0.485. The number of nitrogens with zero attached hydrogens (tertiary/aromatic N) is 1. The van der Waals surface area contributed by atoms with Crippen LogP contribution in [0.25, 0.3) is 0 Å². The lowest BCUT2D eigenvalue weighted by molar-refractivity contribution is -0.384. The van der Waals surface area contributed by atoms with E-state index < -0.39 is 10.8 Å². The zero-order chi connectivity index (χ0) is 14.6. The van der Waals surface area contributed by atoms with Gasteiger partial charge < -0.3 is 11.1 Å². The van der Waals surface area contributed by atoms with E-state index in [-0.39, 0.29) is 21.7 Å². The van der Waals surface area contributed by atoms with Crippen molar-refractivity contribution in [2.45, 2.75) is 18.6 Å². The van der Waals surface area contributed by atoms with Crippen LogP contribution >= 0.6 is 11.8 Å². The quantitative estimate of drug-likeness (QED) is 0.489. The van der Waals surface area contributed by atoms with Crippen LogP contribution in [0.5, 0.6) is 0 Å². The van der Waals surface area contributed by atoms with Crippen LogP contribution in [0, 0.1) is 10.1 Å². The van der Waals surface area contributed by atoms with Crippen LogP contribution in [0.15, 0.2) is 18.2 Å². The van der Waals surface area contributed by atoms with Crippen LogP contribution < -0.4 is 11.1 Å². The second kappa shape index (κ2) is 5.92. The molecule has 0 heterocycles. The van der Waals surface area contributed by atoms with Gasteiger partial charge in [0, 0.05) is 11.3 Å². The largest absolute Gasteiger partial charge is 0.393 e. The van der Waals surface area contributed by atoms with E-state index >= 15 is 0 Å². The molecule has 0 spiro atoms. The number of anilines is 1. The molecule has 3 N–H and O–H groups in total. The number of thioether (sulfide) groups is 1. The number of hydrogen-bond acceptors (Lipinski definition) is 5. The van der Waals surface area contributed by atoms with Crippen molar-refractivity contribution >= 4 is 29.0 Å². The third-order valence-corrected chi connectivity index (χ3v) is 3.97. The minimum absolute atomic E-state index is 0.0121. The highest BCUT2D eigenvalue weighted by molar-refractivity contribution is 7.99. The van der Waals surface area contributed by atoms with E-state index in [9.17, 15) is 14.9 Å². The number of para-hydroxylation sites is 1. The number of rotatable bonds is 5. The summed E-state index contributed by atoms with van der Waals surface area (Å²) in [6.07, 6.45) is 1.94. The lowest BCUT2D eigenvalue weighted by atomic mass is 10.1. The number of amides is 1. The summed E-state index contributed by atoms with van der Waals surface area (Å²) in [6, 6.07) is 4.33. The van der Waals surface area contributed by atoms with Gasteiger partial charge in [0.1, 0.15) is 11.3 Å². The Morgan fingerprint density at radius 2 is 2.16 bits per heavy atom. The predicted molar refractivity (Wildman–Crippen MR) is 77.4 cm³/mol. The maximum Gasteiger partial charge on any atom is 0.304 e. The molecule has 0 aromatic heterocycles. The smallest absolute Gasteiger partial charge is 0.304 e. The Kier molecular flexibility index (Phi) is 4.77. The Hall–Kier alpha value is -1.76. The topological polar surface area (TPSA) is 98.3 Å². The number of benzene rings is 1. The molecule has 0 saturated carbocycles. The lowest BCUT2D eigenvalue weighted by Gasteiger charge is -2.22. The van der Waals surface area contributed by atoms with Crippen LogP contribution in [0.3, 0.4) is 0 Å². The van der Waals surface area contributed by atoms with Crippen molar-refractivity contribution in [3.8, 4) is 0 Å². The van der Waals surface area contributed by atoms with E-state index in [2.05, 4.69) is 5.32 Å². The number of nitro benzene ring substituents is 1. The Morgan fingerprint density at radius 3 is 2.68 bits per heavy atom. The molecule has 0 radical (unpaired) electrons. The Bertz CT molecular complexity index is 503. The second-order valence-corrected chi connectivity index (χ2v) is 6.16. The Labute approximate surface area is 115 Å². The highest BCUT2D eigenvalue weighted by Crippen LogP contribution is 2.26. The number of nitrogens with two attached hydrogens (primary N) is 1. The van der Waals surface area contributed by atoms with Crippen molar-refractivity contribution in [1.29, 1.82) is 0 Å². The van der Waals surface area contributed by atoms with Gasteiger partial charge in [0.25, 0.3) is 5.91 Å². The molecule has 0 aliphatic heterocycles. The first-order chi connectivity index (χ1) is 8.78. The van der Waals surface area contributed by atoms with Crippen molar-refractivity contribution in [3.63, 3.8) is 0 Å². The van der Waals surface area contributed by atoms with Gasteiger partial charge in [0.15, 0.2) is 0 Å². The molecule has 0 atom stereocenters. The van der Waals surface area contributed by atoms with Gasteiger partial charge in [0.2, 0.25) is 0 Å². The van der Waals surface area contributed by atoms with Crippen molar-refractivity contribution in [1.82, 2.24) is 5.32 Å². The van der Waals surface area contributed by atoms with E-state index in [0.29, 0.717) is 6.54 Å². The monoisotopic (exact) mass is 283 g/mol. The number of carbonyl (C=O) groups is 1. The number of carbonyl (C=O) groups excluding carboxylic acids is 1. The normalized spacial score (nSPS) is 11.1. The van der Waals surface area contributed by atoms with Gasteiger partial charge in [-0.2, -0.15) is 11.8 Å². The van der Waals surface area contributed by atoms with E-state index in [1.54, 1.807) is 11.8 Å². The maximum atomic E-state index is 12.0. The molecule has 1 aromatic rings. The van der Waals surface area contributed by atoms with Gasteiger partial charge in [0.05, 0.1) is 4.92 Å². The Morgan fingerprint density at radius 1 is 1.53 bits per heavy atom. The zero-order valence-electron chi connectivity index (χ0n) is 11.1. The highest BCUT2D eigenvalue weighted by Gasteiger charge is 2.24. The standard InChI is InChI=1S/C12H17N3O3S/c1-12(2,19-3)7-14-11(16)8-5-4-6-9(13)10(8)15(17)18/h4-6H,7,13H2,1-3H3,(H,14,16). The van der Waals surface area contributed by atoms with Crippen LogP contribution in [0.2, 0.25) is 0 Å². The minimum atomic E-state index is -0.635. The fourth-order valence-corrected chi connectivity index (χ4v) is 1.63. The molecule has 19 heavy (non-hydrogen) atoms. The molecule has 0 unspecified atom stereocenters. The van der Waals surface area contributed by atoms with Crippen molar-refractivity contribution < 1.29 is 9.72 Å². The molecule has 1 rings (SSSR count). The molecule has 1 amide bonds. The first-order valence-corrected chi connectivity index (χ1v) is 6.87. The molecule has 0 bridgehead atoms. The third kappa shape index (κ3) is 3.85. The van der Waals surface area contributed by atoms with Gasteiger partial charge in [-0.25, -0.2) is 0 Å². The minimum Gasteiger partial charge on any atom is -0.393 e. The molecule has 7 heteroatoms. The molecule has 1 aromatic carbocycles. The van der Waals surface area contributed by atoms with Gasteiger partial charge >= 0.3 is 5.69 Å². The fraction of sp³-hybridized carbons (Fsp3) is 0.417. The Balaban J connectivity index is 2.95. The van der Waals surface area contributed by atoms with E-state index in [0.717, 1.165) is 0 Å². The summed E-state index contributed by atoms with van der Waals surface area (Å²) >= 11 is 1.60. The molecule has 0 saturated heterocycles. The van der Waals surface area contributed by atoms with Crippen molar-refractivity contribution in [3.05, 3.63) is 33.9 Å². The number of hydrogen-bond donors (Lipinski definition) is 2. The van der Waals surface area contributed by atoms with Gasteiger partial charge in [-0.05, 0) is 32.2 Å². The van der Waals surface area contributed by atoms with Gasteiger partial charge in [-0.15, -0.1) is 0 Å². The molecule has 0 aliphatic carbocycles. The molecule has 0 aliphatic rings. The number of nitrogen functional groups attached to an aromatic ring is 1. The molecule has 104 valence electrons. The average molecular weight is 283 g/mol. The van der Waals surface area contributed by atoms with Gasteiger partial charge in [-0.1, -0.05) is 6.07 Å². The summed E-state index contributed by atoms with van der Waals surface area (Å²) < 4.78 is -0.134. The average Bonchev–Trinajstić information content (AvgIpc) is 2.35. The van der Waals surface area contributed by atoms with Crippen LogP contribution in [-0.2, 0) is 0 Å². The maximum absolute atomic E-state index is 12.0. The molecule has 0 fully saturated rings. The molecular formula is C12H17N3O3S. The summed E-state index contributed by atoms with van der Waals surface area (Å²) in [5, 5.41) is 13.6. The first-order valence-electron chi connectivity index (χ1n) is 5.65. The first kappa shape index (κ1) is 15.3. The van der Waals surface area contributed by atoms with Crippen LogP contribution in [-0.4, -0.2) is 28.4 Å². The molecular weight excluding hydrogens is 266 g/mol. The summed E-state index contributed by atoms with van der Waals surface area (Å²) in [7, 11) is 0. The lowest BCUT2D eigenvalue weighted by Crippen LogP contribution is -2.36. The molecule has 6 nitrogen and oxygen atoms in total. The third-order valence-electron chi connectivity index (χ3n) is 2.72.